The molecule has 1 aromatic heterocycles. The molecule has 2 saturated heterocycles. The van der Waals surface area contributed by atoms with Crippen molar-refractivity contribution in [2.75, 3.05) is 39.4 Å². The summed E-state index contributed by atoms with van der Waals surface area (Å²) < 4.78 is 13.9. The number of likely N-dealkylation sites (tertiary alicyclic amines) is 1. The molecule has 270 valence electrons. The van der Waals surface area contributed by atoms with E-state index in [1.807, 2.05) is 54.6 Å². The van der Waals surface area contributed by atoms with Gasteiger partial charge < -0.3 is 30.3 Å². The second kappa shape index (κ2) is 16.2. The van der Waals surface area contributed by atoms with Gasteiger partial charge in [0.05, 0.1) is 30.5 Å². The lowest BCUT2D eigenvalue weighted by atomic mass is 9.99. The number of nitrogens with zero attached hydrogens (tertiary/aromatic N) is 4. The molecule has 3 aliphatic heterocycles. The zero-order valence-electron chi connectivity index (χ0n) is 29.0. The number of hydrogen-bond acceptors (Lipinski definition) is 7. The zero-order valence-corrected chi connectivity index (χ0v) is 30.5. The van der Waals surface area contributed by atoms with Crippen molar-refractivity contribution in [3.8, 4) is 23.1 Å². The van der Waals surface area contributed by atoms with Gasteiger partial charge in [-0.1, -0.05) is 65.4 Å². The van der Waals surface area contributed by atoms with Gasteiger partial charge in [-0.15, -0.1) is 0 Å². The minimum absolute atomic E-state index is 0.255. The predicted molar refractivity (Wildman–Crippen MR) is 200 cm³/mol. The van der Waals surface area contributed by atoms with Crippen LogP contribution in [-0.4, -0.2) is 76.6 Å². The fraction of sp³-hybridized carbons (Fsp3) is 0.375. The molecule has 2 fully saturated rings. The van der Waals surface area contributed by atoms with E-state index in [2.05, 4.69) is 38.9 Å². The predicted octanol–water partition coefficient (Wildman–Crippen LogP) is 5.15. The van der Waals surface area contributed by atoms with Gasteiger partial charge in [0, 0.05) is 91.5 Å². The van der Waals surface area contributed by atoms with Gasteiger partial charge in [0.25, 0.3) is 0 Å². The van der Waals surface area contributed by atoms with E-state index in [0.717, 1.165) is 97.2 Å². The SMILES string of the molecule is NC(=O)C(=O)N1CCc2c(c(-c3ccc(Cl)c(C#Cc4ccc(CNCc5ccc(Cl)cc5)cc4)c3)nn2CCCN2CCC3(CC2)OCCO3)C1. The molecule has 7 rings (SSSR count). The van der Waals surface area contributed by atoms with Crippen LogP contribution in [0.15, 0.2) is 66.7 Å². The van der Waals surface area contributed by atoms with Crippen molar-refractivity contribution in [1.29, 1.82) is 0 Å². The van der Waals surface area contributed by atoms with Gasteiger partial charge in [-0.3, -0.25) is 14.3 Å². The van der Waals surface area contributed by atoms with E-state index in [-0.39, 0.29) is 12.3 Å². The summed E-state index contributed by atoms with van der Waals surface area (Å²) in [5, 5.41) is 9.81. The number of rotatable bonds is 9. The fourth-order valence-corrected chi connectivity index (χ4v) is 7.44. The maximum atomic E-state index is 12.6. The second-order valence-corrected chi connectivity index (χ2v) is 14.4. The van der Waals surface area contributed by atoms with Crippen LogP contribution >= 0.6 is 23.2 Å². The zero-order chi connectivity index (χ0) is 36.1. The highest BCUT2D eigenvalue weighted by molar-refractivity contribution is 6.34. The maximum Gasteiger partial charge on any atom is 0.311 e. The molecule has 0 unspecified atom stereocenters. The number of carbonyl (C=O) groups excluding carboxylic acids is 2. The Hall–Kier alpha value is -4.21. The smallest absolute Gasteiger partial charge is 0.311 e. The number of nitrogens with two attached hydrogens (primary N) is 1. The van der Waals surface area contributed by atoms with Crippen molar-refractivity contribution in [3.05, 3.63) is 110 Å². The maximum absolute atomic E-state index is 12.6. The molecule has 3 aromatic carbocycles. The van der Waals surface area contributed by atoms with Crippen LogP contribution in [0.3, 0.4) is 0 Å². The quantitative estimate of drug-likeness (QED) is 0.180. The average molecular weight is 742 g/mol. The van der Waals surface area contributed by atoms with Crippen LogP contribution in [0, 0.1) is 11.8 Å². The van der Waals surface area contributed by atoms with E-state index >= 15 is 0 Å². The number of fused-ring (bicyclic) bond motifs is 1. The largest absolute Gasteiger partial charge is 0.361 e. The first-order valence-corrected chi connectivity index (χ1v) is 18.5. The first kappa shape index (κ1) is 36.2. The van der Waals surface area contributed by atoms with Crippen LogP contribution in [0.25, 0.3) is 11.3 Å². The molecule has 3 aliphatic rings. The summed E-state index contributed by atoms with van der Waals surface area (Å²) in [6.45, 7) is 7.04. The fourth-order valence-electron chi connectivity index (χ4n) is 7.15. The monoisotopic (exact) mass is 740 g/mol. The lowest BCUT2D eigenvalue weighted by molar-refractivity contribution is -0.185. The molecular formula is C40H42Cl2N6O4. The molecule has 0 atom stereocenters. The summed E-state index contributed by atoms with van der Waals surface area (Å²) in [6, 6.07) is 21.7. The third-order valence-corrected chi connectivity index (χ3v) is 10.6. The summed E-state index contributed by atoms with van der Waals surface area (Å²) in [5.41, 5.74) is 12.8. The highest BCUT2D eigenvalue weighted by Gasteiger charge is 2.39. The lowest BCUT2D eigenvalue weighted by Crippen LogP contribution is -2.45. The molecule has 0 bridgehead atoms. The third kappa shape index (κ3) is 8.53. The molecule has 2 amide bonds. The van der Waals surface area contributed by atoms with E-state index in [1.165, 1.54) is 10.5 Å². The number of carbonyl (C=O) groups is 2. The van der Waals surface area contributed by atoms with Crippen LogP contribution in [0.2, 0.25) is 10.0 Å². The summed E-state index contributed by atoms with van der Waals surface area (Å²) in [4.78, 5) is 28.4. The Balaban J connectivity index is 1.04. The lowest BCUT2D eigenvalue weighted by Gasteiger charge is -2.37. The summed E-state index contributed by atoms with van der Waals surface area (Å²) >= 11 is 12.6. The van der Waals surface area contributed by atoms with Gasteiger partial charge in [0.2, 0.25) is 0 Å². The van der Waals surface area contributed by atoms with Crippen LogP contribution in [0.1, 0.15) is 52.8 Å². The number of amides is 2. The minimum atomic E-state index is -0.958. The molecule has 0 aliphatic carbocycles. The Labute approximate surface area is 314 Å². The van der Waals surface area contributed by atoms with Crippen LogP contribution in [0.5, 0.6) is 0 Å². The number of nitrogens with one attached hydrogen (secondary N) is 1. The molecule has 3 N–H and O–H groups in total. The normalized spacial score (nSPS) is 16.8. The summed E-state index contributed by atoms with van der Waals surface area (Å²) in [5.74, 6) is 4.48. The Bertz CT molecular complexity index is 1970. The highest BCUT2D eigenvalue weighted by atomic mass is 35.5. The van der Waals surface area contributed by atoms with Crippen molar-refractivity contribution in [2.45, 2.75) is 57.6 Å². The Morgan fingerprint density at radius 3 is 2.27 bits per heavy atom. The number of primary amides is 1. The van der Waals surface area contributed by atoms with Crippen LogP contribution < -0.4 is 11.1 Å². The van der Waals surface area contributed by atoms with Crippen molar-refractivity contribution in [3.63, 3.8) is 0 Å². The average Bonchev–Trinajstić information content (AvgIpc) is 3.77. The summed E-state index contributed by atoms with van der Waals surface area (Å²) in [7, 11) is 0. The molecule has 4 heterocycles. The van der Waals surface area contributed by atoms with Gasteiger partial charge >= 0.3 is 11.8 Å². The molecular weight excluding hydrogens is 699 g/mol. The second-order valence-electron chi connectivity index (χ2n) is 13.5. The Morgan fingerprint density at radius 1 is 0.885 bits per heavy atom. The Morgan fingerprint density at radius 2 is 1.58 bits per heavy atom. The minimum Gasteiger partial charge on any atom is -0.361 e. The van der Waals surface area contributed by atoms with E-state index in [4.69, 9.17) is 43.5 Å². The van der Waals surface area contributed by atoms with Crippen molar-refractivity contribution in [2.24, 2.45) is 5.73 Å². The van der Waals surface area contributed by atoms with Crippen LogP contribution in [0.4, 0.5) is 0 Å². The summed E-state index contributed by atoms with van der Waals surface area (Å²) in [6.07, 6.45) is 3.26. The van der Waals surface area contributed by atoms with E-state index in [1.54, 1.807) is 0 Å². The van der Waals surface area contributed by atoms with E-state index in [9.17, 15) is 9.59 Å². The molecule has 0 saturated carbocycles. The van der Waals surface area contributed by atoms with Crippen molar-refractivity contribution < 1.29 is 19.1 Å². The molecule has 0 radical (unpaired) electrons. The number of benzene rings is 3. The first-order chi connectivity index (χ1) is 25.2. The van der Waals surface area contributed by atoms with Gasteiger partial charge in [0.1, 0.15) is 0 Å². The van der Waals surface area contributed by atoms with Gasteiger partial charge in [-0.05, 0) is 60.5 Å². The standard InChI is InChI=1S/C40H42Cl2N6O4/c41-33-11-7-30(8-12-33)26-44-25-29-4-2-28(3-5-29)6-9-31-24-32(10-13-35(31)42)37-34-27-47(39(50)38(43)49)19-14-36(34)48(45-37)18-1-17-46-20-15-40(16-21-46)51-22-23-52-40/h2-5,7-8,10-13,24,44H,1,14-23,25-27H2,(H2,43,49). The van der Waals surface area contributed by atoms with Crippen molar-refractivity contribution >= 4 is 35.0 Å². The third-order valence-electron chi connectivity index (χ3n) is 10.0. The number of piperidine rings is 1. The number of hydrogen-bond donors (Lipinski definition) is 2. The van der Waals surface area contributed by atoms with Gasteiger partial charge in [-0.25, -0.2) is 0 Å². The van der Waals surface area contributed by atoms with Crippen LogP contribution in [-0.2, 0) is 51.7 Å². The van der Waals surface area contributed by atoms with E-state index in [0.29, 0.717) is 36.8 Å². The van der Waals surface area contributed by atoms with E-state index < -0.39 is 11.8 Å². The van der Waals surface area contributed by atoms with Gasteiger partial charge in [0.15, 0.2) is 5.79 Å². The topological polar surface area (TPSA) is 115 Å². The molecule has 12 heteroatoms. The van der Waals surface area contributed by atoms with Crippen molar-refractivity contribution in [1.82, 2.24) is 24.9 Å². The molecule has 4 aromatic rings. The number of aromatic nitrogens is 2. The number of ether oxygens (including phenoxy) is 2. The highest BCUT2D eigenvalue weighted by Crippen LogP contribution is 2.33. The van der Waals surface area contributed by atoms with Gasteiger partial charge in [-0.2, -0.15) is 5.10 Å². The number of halogens is 2. The molecule has 52 heavy (non-hydrogen) atoms. The first-order valence-electron chi connectivity index (χ1n) is 17.8. The number of aryl methyl sites for hydroxylation is 1. The Kier molecular flexibility index (Phi) is 11.3. The molecule has 10 nitrogen and oxygen atoms in total. The molecule has 1 spiro atoms.